The molecule has 0 aromatic carbocycles. The zero-order valence-corrected chi connectivity index (χ0v) is 9.86. The van der Waals surface area contributed by atoms with Crippen LogP contribution in [0.2, 0.25) is 0 Å². The molecule has 0 spiro atoms. The van der Waals surface area contributed by atoms with E-state index in [2.05, 4.69) is 9.36 Å². The lowest BCUT2D eigenvalue weighted by molar-refractivity contribution is 0.0702. The number of nitrogens with zero attached hydrogens (tertiary/aromatic N) is 2. The number of pyridine rings is 1. The quantitative estimate of drug-likeness (QED) is 0.870. The van der Waals surface area contributed by atoms with Gasteiger partial charge in [0.2, 0.25) is 0 Å². The minimum Gasteiger partial charge on any atom is -0.477 e. The highest BCUT2D eigenvalue weighted by molar-refractivity contribution is 7.08. The van der Waals surface area contributed by atoms with Crippen LogP contribution in [-0.2, 0) is 0 Å². The number of carboxylic acid groups (broad SMARTS) is 1. The van der Waals surface area contributed by atoms with Crippen molar-refractivity contribution < 1.29 is 9.90 Å². The van der Waals surface area contributed by atoms with Crippen LogP contribution in [0.25, 0.3) is 11.3 Å². The average Bonchev–Trinajstić information content (AvgIpc) is 2.82. The number of rotatable bonds is 2. The van der Waals surface area contributed by atoms with Crippen molar-refractivity contribution in [2.45, 2.75) is 13.8 Å². The summed E-state index contributed by atoms with van der Waals surface area (Å²) in [5.41, 5.74) is 1.48. The van der Waals surface area contributed by atoms with E-state index < -0.39 is 5.97 Å². The van der Waals surface area contributed by atoms with E-state index in [1.807, 2.05) is 19.9 Å². The molecule has 0 radical (unpaired) electrons. The van der Waals surface area contributed by atoms with Gasteiger partial charge in [-0.05, 0) is 29.7 Å². The summed E-state index contributed by atoms with van der Waals surface area (Å²) in [5.74, 6) is -0.947. The van der Waals surface area contributed by atoms with Gasteiger partial charge >= 0.3 is 5.97 Å². The van der Waals surface area contributed by atoms with E-state index in [0.29, 0.717) is 5.69 Å². The van der Waals surface area contributed by atoms with E-state index in [1.165, 1.54) is 0 Å². The summed E-state index contributed by atoms with van der Waals surface area (Å²) >= 11 is 0.975. The normalized spacial score (nSPS) is 9.12. The fourth-order valence-corrected chi connectivity index (χ4v) is 1.62. The molecule has 4 nitrogen and oxygen atoms in total. The highest BCUT2D eigenvalue weighted by Crippen LogP contribution is 2.20. The van der Waals surface area contributed by atoms with Gasteiger partial charge in [0.15, 0.2) is 0 Å². The van der Waals surface area contributed by atoms with Gasteiger partial charge in [0, 0.05) is 18.0 Å². The molecule has 5 heteroatoms. The number of aromatic nitrogens is 2. The molecule has 0 aliphatic rings. The largest absolute Gasteiger partial charge is 0.477 e. The molecule has 0 fully saturated rings. The minimum atomic E-state index is -0.947. The average molecular weight is 236 g/mol. The van der Waals surface area contributed by atoms with Crippen molar-refractivity contribution in [2.24, 2.45) is 0 Å². The second-order valence-corrected chi connectivity index (χ2v) is 3.43. The van der Waals surface area contributed by atoms with Gasteiger partial charge in [0.25, 0.3) is 0 Å². The standard InChI is InChI=1S/C9H6N2O2S.C2H6/c12-9(13)8-4-7(11-14-8)6-2-1-3-10-5-6;1-2/h1-5H,(H,12,13);1-2H3. The van der Waals surface area contributed by atoms with E-state index in [9.17, 15) is 4.79 Å². The Morgan fingerprint density at radius 1 is 1.44 bits per heavy atom. The smallest absolute Gasteiger partial charge is 0.347 e. The molecule has 2 rings (SSSR count). The van der Waals surface area contributed by atoms with Crippen molar-refractivity contribution in [3.8, 4) is 11.3 Å². The monoisotopic (exact) mass is 236 g/mol. The predicted octanol–water partition coefficient (Wildman–Crippen LogP) is 2.93. The maximum atomic E-state index is 10.6. The third-order valence-electron chi connectivity index (χ3n) is 1.68. The van der Waals surface area contributed by atoms with Crippen molar-refractivity contribution in [1.29, 1.82) is 0 Å². The zero-order chi connectivity index (χ0) is 12.0. The number of hydrogen-bond acceptors (Lipinski definition) is 4. The van der Waals surface area contributed by atoms with Gasteiger partial charge in [0.05, 0.1) is 5.69 Å². The van der Waals surface area contributed by atoms with Gasteiger partial charge in [-0.25, -0.2) is 4.79 Å². The maximum absolute atomic E-state index is 10.6. The summed E-state index contributed by atoms with van der Waals surface area (Å²) in [4.78, 5) is 14.8. The fraction of sp³-hybridized carbons (Fsp3) is 0.182. The molecule has 2 heterocycles. The Balaban J connectivity index is 0.000000606. The van der Waals surface area contributed by atoms with Crippen molar-refractivity contribution in [2.75, 3.05) is 0 Å². The molecular weight excluding hydrogens is 224 g/mol. The van der Waals surface area contributed by atoms with Crippen LogP contribution in [0.4, 0.5) is 0 Å². The summed E-state index contributed by atoms with van der Waals surface area (Å²) in [7, 11) is 0. The SMILES string of the molecule is CC.O=C(O)c1cc(-c2cccnc2)ns1. The summed E-state index contributed by atoms with van der Waals surface area (Å²) < 4.78 is 4.03. The first kappa shape index (κ1) is 12.3. The summed E-state index contributed by atoms with van der Waals surface area (Å²) in [6.45, 7) is 4.00. The van der Waals surface area contributed by atoms with Crippen LogP contribution in [0, 0.1) is 0 Å². The van der Waals surface area contributed by atoms with E-state index in [1.54, 1.807) is 24.5 Å². The van der Waals surface area contributed by atoms with Crippen LogP contribution in [0.5, 0.6) is 0 Å². The predicted molar refractivity (Wildman–Crippen MR) is 63.7 cm³/mol. The second-order valence-electron chi connectivity index (χ2n) is 2.62. The third-order valence-corrected chi connectivity index (χ3v) is 2.46. The van der Waals surface area contributed by atoms with Gasteiger partial charge in [-0.1, -0.05) is 13.8 Å². The van der Waals surface area contributed by atoms with Gasteiger partial charge in [-0.3, -0.25) is 4.98 Å². The molecule has 0 saturated carbocycles. The van der Waals surface area contributed by atoms with Gasteiger partial charge in [0.1, 0.15) is 4.88 Å². The Morgan fingerprint density at radius 2 is 2.19 bits per heavy atom. The lowest BCUT2D eigenvalue weighted by atomic mass is 10.2. The molecule has 0 atom stereocenters. The summed E-state index contributed by atoms with van der Waals surface area (Å²) in [5, 5.41) is 8.70. The Morgan fingerprint density at radius 3 is 2.69 bits per heavy atom. The first-order chi connectivity index (χ1) is 7.77. The van der Waals surface area contributed by atoms with Crippen LogP contribution >= 0.6 is 11.5 Å². The number of aromatic carboxylic acids is 1. The first-order valence-electron chi connectivity index (χ1n) is 4.88. The van der Waals surface area contributed by atoms with Gasteiger partial charge in [-0.15, -0.1) is 0 Å². The van der Waals surface area contributed by atoms with Crippen LogP contribution in [0.1, 0.15) is 23.5 Å². The lowest BCUT2D eigenvalue weighted by Crippen LogP contribution is -1.89. The van der Waals surface area contributed by atoms with Crippen LogP contribution in [0.3, 0.4) is 0 Å². The molecule has 0 aliphatic carbocycles. The molecule has 2 aromatic heterocycles. The van der Waals surface area contributed by atoms with E-state index in [-0.39, 0.29) is 4.88 Å². The fourth-order valence-electron chi connectivity index (χ4n) is 1.03. The Kier molecular flexibility index (Phi) is 4.60. The molecule has 1 N–H and O–H groups in total. The minimum absolute atomic E-state index is 0.240. The molecule has 84 valence electrons. The van der Waals surface area contributed by atoms with Crippen molar-refractivity contribution in [1.82, 2.24) is 9.36 Å². The van der Waals surface area contributed by atoms with Crippen LogP contribution in [0.15, 0.2) is 30.6 Å². The number of carboxylic acids is 1. The van der Waals surface area contributed by atoms with Crippen molar-refractivity contribution in [3.63, 3.8) is 0 Å². The zero-order valence-electron chi connectivity index (χ0n) is 9.04. The van der Waals surface area contributed by atoms with Gasteiger partial charge in [-0.2, -0.15) is 4.37 Å². The molecule has 0 amide bonds. The van der Waals surface area contributed by atoms with Crippen molar-refractivity contribution in [3.05, 3.63) is 35.5 Å². The molecular formula is C11H12N2O2S. The molecule has 16 heavy (non-hydrogen) atoms. The van der Waals surface area contributed by atoms with Crippen molar-refractivity contribution >= 4 is 17.5 Å². The highest BCUT2D eigenvalue weighted by atomic mass is 32.1. The summed E-state index contributed by atoms with van der Waals surface area (Å²) in [6.07, 6.45) is 3.31. The van der Waals surface area contributed by atoms with E-state index in [4.69, 9.17) is 5.11 Å². The molecule has 0 aliphatic heterocycles. The van der Waals surface area contributed by atoms with Crippen LogP contribution in [-0.4, -0.2) is 20.4 Å². The van der Waals surface area contributed by atoms with Gasteiger partial charge < -0.3 is 5.11 Å². The molecule has 2 aromatic rings. The second kappa shape index (κ2) is 5.97. The van der Waals surface area contributed by atoms with E-state index in [0.717, 1.165) is 17.1 Å². The topological polar surface area (TPSA) is 63.1 Å². The first-order valence-corrected chi connectivity index (χ1v) is 5.65. The maximum Gasteiger partial charge on any atom is 0.347 e. The summed E-state index contributed by atoms with van der Waals surface area (Å²) in [6, 6.07) is 5.17. The Labute approximate surface area is 97.8 Å². The molecule has 0 bridgehead atoms. The molecule has 0 unspecified atom stereocenters. The lowest BCUT2D eigenvalue weighted by Gasteiger charge is -1.91. The third kappa shape index (κ3) is 2.87. The number of carbonyl (C=O) groups is 1. The van der Waals surface area contributed by atoms with Crippen LogP contribution < -0.4 is 0 Å². The Hall–Kier alpha value is -1.75. The highest BCUT2D eigenvalue weighted by Gasteiger charge is 2.09. The molecule has 0 saturated heterocycles. The Bertz CT molecular complexity index is 454. The van der Waals surface area contributed by atoms with E-state index >= 15 is 0 Å². The number of hydrogen-bond donors (Lipinski definition) is 1.